The summed E-state index contributed by atoms with van der Waals surface area (Å²) in [6.45, 7) is 3.21. The largest absolute Gasteiger partial charge is 0.351 e. The molecule has 28 heavy (non-hydrogen) atoms. The number of amides is 1. The van der Waals surface area contributed by atoms with Gasteiger partial charge in [-0.2, -0.15) is 11.8 Å². The summed E-state index contributed by atoms with van der Waals surface area (Å²) < 4.78 is 25.8. The summed E-state index contributed by atoms with van der Waals surface area (Å²) in [4.78, 5) is 12.3. The van der Waals surface area contributed by atoms with E-state index in [2.05, 4.69) is 24.4 Å². The van der Waals surface area contributed by atoms with Gasteiger partial charge in [-0.15, -0.1) is 0 Å². The molecular weight excluding hydrogens is 392 g/mol. The second-order valence-electron chi connectivity index (χ2n) is 6.88. The first kappa shape index (κ1) is 20.7. The van der Waals surface area contributed by atoms with Gasteiger partial charge in [0.05, 0.1) is 11.4 Å². The van der Waals surface area contributed by atoms with Crippen molar-refractivity contribution in [3.8, 4) is 0 Å². The molecule has 1 heterocycles. The molecule has 1 N–H and O–H groups in total. The van der Waals surface area contributed by atoms with E-state index in [9.17, 15) is 13.2 Å². The summed E-state index contributed by atoms with van der Waals surface area (Å²) in [5.41, 5.74) is 3.78. The number of rotatable bonds is 7. The first-order valence-corrected chi connectivity index (χ1v) is 12.2. The maximum atomic E-state index is 12.3. The molecule has 0 bridgehead atoms. The molecule has 1 fully saturated rings. The third-order valence-corrected chi connectivity index (χ3v) is 7.69. The van der Waals surface area contributed by atoms with Crippen LogP contribution in [-0.4, -0.2) is 38.9 Å². The Labute approximate surface area is 171 Å². The standard InChI is InChI=1S/C21H26N2O3S2/c1-17-6-2-3-7-19(17)16-27-14-12-22-21(24)18-8-10-20(11-9-18)23-13-4-5-15-28(23,25)26/h2-3,6-11H,4-5,12-16H2,1H3,(H,22,24). The fraction of sp³-hybridized carbons (Fsp3) is 0.381. The van der Waals surface area contributed by atoms with Crippen molar-refractivity contribution in [1.82, 2.24) is 5.32 Å². The van der Waals surface area contributed by atoms with E-state index in [1.54, 1.807) is 36.0 Å². The molecule has 5 nitrogen and oxygen atoms in total. The van der Waals surface area contributed by atoms with Crippen LogP contribution >= 0.6 is 11.8 Å². The Kier molecular flexibility index (Phi) is 7.02. The van der Waals surface area contributed by atoms with Crippen molar-refractivity contribution in [2.75, 3.05) is 28.9 Å². The first-order chi connectivity index (χ1) is 13.5. The molecule has 0 aliphatic carbocycles. The number of benzene rings is 2. The van der Waals surface area contributed by atoms with Gasteiger partial charge in [0.15, 0.2) is 0 Å². The topological polar surface area (TPSA) is 66.5 Å². The lowest BCUT2D eigenvalue weighted by Gasteiger charge is -2.28. The molecule has 0 radical (unpaired) electrons. The molecule has 0 unspecified atom stereocenters. The van der Waals surface area contributed by atoms with Gasteiger partial charge >= 0.3 is 0 Å². The molecule has 1 aliphatic heterocycles. The highest BCUT2D eigenvalue weighted by molar-refractivity contribution is 7.98. The third kappa shape index (κ3) is 5.29. The van der Waals surface area contributed by atoms with Crippen molar-refractivity contribution < 1.29 is 13.2 Å². The predicted octanol–water partition coefficient (Wildman–Crippen LogP) is 3.59. The molecule has 0 aromatic heterocycles. The summed E-state index contributed by atoms with van der Waals surface area (Å²) >= 11 is 1.79. The fourth-order valence-electron chi connectivity index (χ4n) is 3.15. The number of carbonyl (C=O) groups excluding carboxylic acids is 1. The molecule has 1 aliphatic rings. The molecule has 0 atom stereocenters. The van der Waals surface area contributed by atoms with Crippen LogP contribution in [0.3, 0.4) is 0 Å². The summed E-state index contributed by atoms with van der Waals surface area (Å²) in [7, 11) is -3.23. The second kappa shape index (κ2) is 9.47. The first-order valence-electron chi connectivity index (χ1n) is 9.48. The van der Waals surface area contributed by atoms with E-state index < -0.39 is 10.0 Å². The van der Waals surface area contributed by atoms with Crippen molar-refractivity contribution in [3.63, 3.8) is 0 Å². The predicted molar refractivity (Wildman–Crippen MR) is 116 cm³/mol. The van der Waals surface area contributed by atoms with Crippen molar-refractivity contribution in [1.29, 1.82) is 0 Å². The molecule has 1 amide bonds. The van der Waals surface area contributed by atoms with Crippen LogP contribution in [0, 0.1) is 6.92 Å². The van der Waals surface area contributed by atoms with Crippen LogP contribution in [0.5, 0.6) is 0 Å². The molecular formula is C21H26N2O3S2. The number of nitrogens with one attached hydrogen (secondary N) is 1. The number of carbonyl (C=O) groups is 1. The summed E-state index contributed by atoms with van der Waals surface area (Å²) in [6, 6.07) is 15.1. The molecule has 2 aromatic rings. The van der Waals surface area contributed by atoms with Crippen molar-refractivity contribution >= 4 is 33.4 Å². The van der Waals surface area contributed by atoms with Crippen LogP contribution in [0.15, 0.2) is 48.5 Å². The fourth-order valence-corrected chi connectivity index (χ4v) is 5.72. The molecule has 2 aromatic carbocycles. The highest BCUT2D eigenvalue weighted by atomic mass is 32.2. The van der Waals surface area contributed by atoms with Gasteiger partial charge in [-0.05, 0) is 55.2 Å². The van der Waals surface area contributed by atoms with Crippen LogP contribution in [-0.2, 0) is 15.8 Å². The van der Waals surface area contributed by atoms with Crippen molar-refractivity contribution in [3.05, 3.63) is 65.2 Å². The van der Waals surface area contributed by atoms with Gasteiger partial charge in [0, 0.05) is 30.2 Å². The second-order valence-corrected chi connectivity index (χ2v) is 10.00. The molecule has 0 spiro atoms. The van der Waals surface area contributed by atoms with E-state index in [1.807, 2.05) is 12.1 Å². The Morgan fingerprint density at radius 3 is 2.57 bits per heavy atom. The number of anilines is 1. The van der Waals surface area contributed by atoms with Gasteiger partial charge in [0.1, 0.15) is 0 Å². The van der Waals surface area contributed by atoms with E-state index >= 15 is 0 Å². The van der Waals surface area contributed by atoms with E-state index in [0.29, 0.717) is 30.8 Å². The van der Waals surface area contributed by atoms with Gasteiger partial charge < -0.3 is 5.32 Å². The summed E-state index contributed by atoms with van der Waals surface area (Å²) in [5, 5.41) is 2.92. The van der Waals surface area contributed by atoms with Crippen LogP contribution < -0.4 is 9.62 Å². The molecule has 150 valence electrons. The van der Waals surface area contributed by atoms with Crippen LogP contribution in [0.25, 0.3) is 0 Å². The monoisotopic (exact) mass is 418 g/mol. The maximum absolute atomic E-state index is 12.3. The highest BCUT2D eigenvalue weighted by Crippen LogP contribution is 2.23. The van der Waals surface area contributed by atoms with E-state index in [0.717, 1.165) is 17.9 Å². The number of aryl methyl sites for hydroxylation is 1. The molecule has 3 rings (SSSR count). The average molecular weight is 419 g/mol. The van der Waals surface area contributed by atoms with Crippen molar-refractivity contribution in [2.45, 2.75) is 25.5 Å². The Morgan fingerprint density at radius 2 is 1.86 bits per heavy atom. The van der Waals surface area contributed by atoms with Crippen LogP contribution in [0.1, 0.15) is 34.3 Å². The molecule has 1 saturated heterocycles. The summed E-state index contributed by atoms with van der Waals surface area (Å²) in [6.07, 6.45) is 1.57. The molecule has 0 saturated carbocycles. The maximum Gasteiger partial charge on any atom is 0.251 e. The smallest absolute Gasteiger partial charge is 0.251 e. The Bertz CT molecular complexity index is 912. The van der Waals surface area contributed by atoms with E-state index in [-0.39, 0.29) is 11.7 Å². The Hall–Kier alpha value is -1.99. The normalized spacial score (nSPS) is 16.0. The zero-order valence-electron chi connectivity index (χ0n) is 16.1. The van der Waals surface area contributed by atoms with Gasteiger partial charge in [-0.1, -0.05) is 24.3 Å². The zero-order valence-corrected chi connectivity index (χ0v) is 17.7. The van der Waals surface area contributed by atoms with E-state index in [1.165, 1.54) is 15.4 Å². The minimum absolute atomic E-state index is 0.135. The summed E-state index contributed by atoms with van der Waals surface area (Å²) in [5.74, 6) is 1.82. The lowest BCUT2D eigenvalue weighted by Crippen LogP contribution is -2.37. The number of sulfonamides is 1. The van der Waals surface area contributed by atoms with E-state index in [4.69, 9.17) is 0 Å². The van der Waals surface area contributed by atoms with Crippen LogP contribution in [0.2, 0.25) is 0 Å². The SMILES string of the molecule is Cc1ccccc1CSCCNC(=O)c1ccc(N2CCCCS2(=O)=O)cc1. The quantitative estimate of drug-likeness (QED) is 0.698. The Balaban J connectivity index is 1.46. The lowest BCUT2D eigenvalue weighted by molar-refractivity contribution is 0.0956. The minimum atomic E-state index is -3.23. The van der Waals surface area contributed by atoms with Gasteiger partial charge in [-0.25, -0.2) is 8.42 Å². The van der Waals surface area contributed by atoms with Gasteiger partial charge in [0.2, 0.25) is 10.0 Å². The minimum Gasteiger partial charge on any atom is -0.351 e. The zero-order chi connectivity index (χ0) is 20.0. The number of hydrogen-bond donors (Lipinski definition) is 1. The number of nitrogens with zero attached hydrogens (tertiary/aromatic N) is 1. The number of thioether (sulfide) groups is 1. The van der Waals surface area contributed by atoms with Gasteiger partial charge in [0.25, 0.3) is 5.91 Å². The third-order valence-electron chi connectivity index (χ3n) is 4.82. The van der Waals surface area contributed by atoms with Crippen molar-refractivity contribution in [2.24, 2.45) is 0 Å². The highest BCUT2D eigenvalue weighted by Gasteiger charge is 2.25. The lowest BCUT2D eigenvalue weighted by atomic mass is 10.1. The molecule has 7 heteroatoms. The average Bonchev–Trinajstić information content (AvgIpc) is 2.69. The Morgan fingerprint density at radius 1 is 1.11 bits per heavy atom. The number of hydrogen-bond acceptors (Lipinski definition) is 4. The van der Waals surface area contributed by atoms with Gasteiger partial charge in [-0.3, -0.25) is 9.10 Å². The van der Waals surface area contributed by atoms with Crippen LogP contribution in [0.4, 0.5) is 5.69 Å².